The molecule has 3 atom stereocenters. The molecule has 4 nitrogen and oxygen atoms in total. The number of carbonyl (C=O) groups excluding carboxylic acids is 1. The van der Waals surface area contributed by atoms with Crippen LogP contribution in [0.25, 0.3) is 0 Å². The molecule has 0 unspecified atom stereocenters. The van der Waals surface area contributed by atoms with E-state index in [4.69, 9.17) is 9.47 Å². The molecule has 1 amide bonds. The van der Waals surface area contributed by atoms with Crippen molar-refractivity contribution < 1.29 is 14.3 Å². The summed E-state index contributed by atoms with van der Waals surface area (Å²) in [4.78, 5) is 13.8. The van der Waals surface area contributed by atoms with Gasteiger partial charge in [0.25, 0.3) is 0 Å². The fourth-order valence-corrected chi connectivity index (χ4v) is 2.44. The van der Waals surface area contributed by atoms with Crippen molar-refractivity contribution in [3.05, 3.63) is 35.9 Å². The number of carbonyl (C=O) groups is 1. The smallest absolute Gasteiger partial charge is 0.410 e. The molecule has 1 aromatic rings. The van der Waals surface area contributed by atoms with Gasteiger partial charge in [0.1, 0.15) is 12.7 Å². The van der Waals surface area contributed by atoms with Gasteiger partial charge in [0.15, 0.2) is 0 Å². The third-order valence-electron chi connectivity index (χ3n) is 3.61. The Labute approximate surface area is 106 Å². The fourth-order valence-electron chi connectivity index (χ4n) is 2.44. The van der Waals surface area contributed by atoms with Crippen molar-refractivity contribution in [1.29, 1.82) is 0 Å². The molecule has 2 heterocycles. The van der Waals surface area contributed by atoms with E-state index in [2.05, 4.69) is 0 Å². The largest absolute Gasteiger partial charge is 0.445 e. The molecular formula is C14H17NO3. The molecule has 2 saturated heterocycles. The van der Waals surface area contributed by atoms with E-state index >= 15 is 0 Å². The number of rotatable bonds is 2. The minimum atomic E-state index is -0.236. The molecule has 1 aromatic carbocycles. The number of benzene rings is 1. The lowest BCUT2D eigenvalue weighted by atomic mass is 10.0. The molecule has 0 aliphatic carbocycles. The van der Waals surface area contributed by atoms with Gasteiger partial charge in [-0.15, -0.1) is 0 Å². The monoisotopic (exact) mass is 247 g/mol. The van der Waals surface area contributed by atoms with Gasteiger partial charge >= 0.3 is 6.09 Å². The highest BCUT2D eigenvalue weighted by Gasteiger charge is 2.47. The number of ether oxygens (including phenoxy) is 2. The van der Waals surface area contributed by atoms with Gasteiger partial charge < -0.3 is 14.4 Å². The zero-order chi connectivity index (χ0) is 12.5. The zero-order valence-corrected chi connectivity index (χ0v) is 10.4. The Bertz CT molecular complexity index is 434. The van der Waals surface area contributed by atoms with E-state index in [-0.39, 0.29) is 18.2 Å². The third-order valence-corrected chi connectivity index (χ3v) is 3.61. The molecule has 4 heteroatoms. The molecule has 96 valence electrons. The van der Waals surface area contributed by atoms with E-state index in [1.807, 2.05) is 37.3 Å². The Balaban J connectivity index is 1.54. The van der Waals surface area contributed by atoms with Crippen molar-refractivity contribution in [2.24, 2.45) is 0 Å². The molecule has 0 N–H and O–H groups in total. The maximum absolute atomic E-state index is 12.0. The van der Waals surface area contributed by atoms with Crippen LogP contribution in [-0.2, 0) is 16.1 Å². The van der Waals surface area contributed by atoms with Gasteiger partial charge in [0.05, 0.1) is 12.6 Å². The molecular weight excluding hydrogens is 230 g/mol. The molecule has 2 aliphatic rings. The van der Waals surface area contributed by atoms with Crippen LogP contribution in [-0.4, -0.2) is 35.8 Å². The maximum Gasteiger partial charge on any atom is 0.410 e. The van der Waals surface area contributed by atoms with Gasteiger partial charge in [-0.25, -0.2) is 4.79 Å². The Hall–Kier alpha value is -1.55. The molecule has 0 spiro atoms. The lowest BCUT2D eigenvalue weighted by Gasteiger charge is -2.30. The fraction of sp³-hybridized carbons (Fsp3) is 0.500. The normalized spacial score (nSPS) is 29.6. The minimum absolute atomic E-state index is 0.206. The standard InChI is InChI=1S/C14H17NO3/c1-10-7-12-13(18-12)8-15(10)14(16)17-9-11-5-3-2-4-6-11/h2-6,10,12-13H,7-9H2,1H3/t10-,12+,13+/m1/s1. The van der Waals surface area contributed by atoms with Crippen LogP contribution in [0.3, 0.4) is 0 Å². The summed E-state index contributed by atoms with van der Waals surface area (Å²) in [7, 11) is 0. The lowest BCUT2D eigenvalue weighted by molar-refractivity contribution is 0.0766. The molecule has 3 rings (SSSR count). The van der Waals surface area contributed by atoms with Crippen LogP contribution in [0.5, 0.6) is 0 Å². The maximum atomic E-state index is 12.0. The first kappa shape index (κ1) is 11.5. The van der Waals surface area contributed by atoms with E-state index in [0.29, 0.717) is 19.3 Å². The predicted molar refractivity (Wildman–Crippen MR) is 66.1 cm³/mol. The van der Waals surface area contributed by atoms with Crippen LogP contribution in [0.2, 0.25) is 0 Å². The Kier molecular flexibility index (Phi) is 2.96. The number of likely N-dealkylation sites (tertiary alicyclic amines) is 1. The van der Waals surface area contributed by atoms with Crippen LogP contribution in [0.1, 0.15) is 18.9 Å². The molecule has 18 heavy (non-hydrogen) atoms. The zero-order valence-electron chi connectivity index (χ0n) is 10.4. The summed E-state index contributed by atoms with van der Waals surface area (Å²) in [5.41, 5.74) is 1.01. The molecule has 0 radical (unpaired) electrons. The highest BCUT2D eigenvalue weighted by Crippen LogP contribution is 2.34. The van der Waals surface area contributed by atoms with Crippen molar-refractivity contribution in [2.75, 3.05) is 6.54 Å². The average molecular weight is 247 g/mol. The van der Waals surface area contributed by atoms with Crippen molar-refractivity contribution in [3.8, 4) is 0 Å². The van der Waals surface area contributed by atoms with E-state index in [1.54, 1.807) is 4.90 Å². The molecule has 0 saturated carbocycles. The number of fused-ring (bicyclic) bond motifs is 1. The van der Waals surface area contributed by atoms with Gasteiger partial charge in [-0.3, -0.25) is 0 Å². The SMILES string of the molecule is C[C@@H]1C[C@@H]2O[C@H]2CN1C(=O)OCc1ccccc1. The molecule has 2 aliphatic heterocycles. The van der Waals surface area contributed by atoms with Crippen molar-refractivity contribution in [2.45, 2.75) is 38.2 Å². The number of amides is 1. The third kappa shape index (κ3) is 2.34. The Morgan fingerprint density at radius 2 is 2.17 bits per heavy atom. The van der Waals surface area contributed by atoms with Crippen LogP contribution >= 0.6 is 0 Å². The first-order valence-corrected chi connectivity index (χ1v) is 6.37. The second-order valence-corrected chi connectivity index (χ2v) is 4.99. The van der Waals surface area contributed by atoms with Crippen LogP contribution in [0, 0.1) is 0 Å². The summed E-state index contributed by atoms with van der Waals surface area (Å²) in [6.07, 6.45) is 1.30. The number of epoxide rings is 1. The van der Waals surface area contributed by atoms with Crippen LogP contribution in [0.15, 0.2) is 30.3 Å². The van der Waals surface area contributed by atoms with Gasteiger partial charge in [0.2, 0.25) is 0 Å². The second kappa shape index (κ2) is 4.61. The molecule has 2 fully saturated rings. The van der Waals surface area contributed by atoms with Crippen molar-refractivity contribution >= 4 is 6.09 Å². The van der Waals surface area contributed by atoms with Gasteiger partial charge in [-0.2, -0.15) is 0 Å². The van der Waals surface area contributed by atoms with Crippen LogP contribution < -0.4 is 0 Å². The van der Waals surface area contributed by atoms with Gasteiger partial charge in [0, 0.05) is 6.04 Å². The average Bonchev–Trinajstić information content (AvgIpc) is 3.14. The highest BCUT2D eigenvalue weighted by atomic mass is 16.6. The van der Waals surface area contributed by atoms with Crippen molar-refractivity contribution in [3.63, 3.8) is 0 Å². The number of nitrogens with zero attached hydrogens (tertiary/aromatic N) is 1. The summed E-state index contributed by atoms with van der Waals surface area (Å²) < 4.78 is 10.8. The topological polar surface area (TPSA) is 42.1 Å². The lowest BCUT2D eigenvalue weighted by Crippen LogP contribution is -2.45. The highest BCUT2D eigenvalue weighted by molar-refractivity contribution is 5.68. The minimum Gasteiger partial charge on any atom is -0.445 e. The van der Waals surface area contributed by atoms with E-state index < -0.39 is 0 Å². The molecule has 0 aromatic heterocycles. The van der Waals surface area contributed by atoms with E-state index in [1.165, 1.54) is 0 Å². The van der Waals surface area contributed by atoms with Gasteiger partial charge in [-0.1, -0.05) is 30.3 Å². The van der Waals surface area contributed by atoms with Crippen LogP contribution in [0.4, 0.5) is 4.79 Å². The quantitative estimate of drug-likeness (QED) is 0.752. The van der Waals surface area contributed by atoms with Gasteiger partial charge in [-0.05, 0) is 18.9 Å². The number of piperidine rings is 1. The second-order valence-electron chi connectivity index (χ2n) is 4.99. The van der Waals surface area contributed by atoms with E-state index in [0.717, 1.165) is 12.0 Å². The van der Waals surface area contributed by atoms with E-state index in [9.17, 15) is 4.79 Å². The summed E-state index contributed by atoms with van der Waals surface area (Å²) in [6, 6.07) is 9.93. The Morgan fingerprint density at radius 3 is 2.94 bits per heavy atom. The summed E-state index contributed by atoms with van der Waals surface area (Å²) >= 11 is 0. The first-order chi connectivity index (χ1) is 8.74. The summed E-state index contributed by atoms with van der Waals surface area (Å²) in [6.45, 7) is 3.04. The predicted octanol–water partition coefficient (Wildman–Crippen LogP) is 2.18. The molecule has 0 bridgehead atoms. The number of hydrogen-bond donors (Lipinski definition) is 0. The first-order valence-electron chi connectivity index (χ1n) is 6.37. The summed E-state index contributed by atoms with van der Waals surface area (Å²) in [5.74, 6) is 0. The van der Waals surface area contributed by atoms with Crippen molar-refractivity contribution in [1.82, 2.24) is 4.90 Å². The summed E-state index contributed by atoms with van der Waals surface area (Å²) in [5, 5.41) is 0. The number of hydrogen-bond acceptors (Lipinski definition) is 3. The Morgan fingerprint density at radius 1 is 1.39 bits per heavy atom.